The lowest BCUT2D eigenvalue weighted by atomic mass is 10.1. The standard InChI is InChI=1S/C16H20BrN3/c1-20(9-6-13-4-7-19-8-5-13)12-15-3-2-14(11-18)10-16(15)17/h2-5,7-8,10H,6,9,11-12,18H2,1H3. The van der Waals surface area contributed by atoms with Gasteiger partial charge in [0, 0.05) is 36.5 Å². The predicted octanol–water partition coefficient (Wildman–Crippen LogP) is 2.98. The maximum Gasteiger partial charge on any atom is 0.0270 e. The normalized spacial score (nSPS) is 11.0. The van der Waals surface area contributed by atoms with Gasteiger partial charge in [-0.15, -0.1) is 0 Å². The smallest absolute Gasteiger partial charge is 0.0270 e. The fourth-order valence-corrected chi connectivity index (χ4v) is 2.64. The van der Waals surface area contributed by atoms with E-state index >= 15 is 0 Å². The molecular weight excluding hydrogens is 314 g/mol. The number of nitrogens with two attached hydrogens (primary N) is 1. The number of halogens is 1. The number of nitrogens with zero attached hydrogens (tertiary/aromatic N) is 2. The summed E-state index contributed by atoms with van der Waals surface area (Å²) in [6.07, 6.45) is 4.73. The number of benzene rings is 1. The van der Waals surface area contributed by atoms with E-state index < -0.39 is 0 Å². The molecule has 0 spiro atoms. The molecule has 0 bridgehead atoms. The summed E-state index contributed by atoms with van der Waals surface area (Å²) < 4.78 is 1.14. The lowest BCUT2D eigenvalue weighted by molar-refractivity contribution is 0.330. The molecule has 106 valence electrons. The Morgan fingerprint density at radius 2 is 1.90 bits per heavy atom. The van der Waals surface area contributed by atoms with Crippen LogP contribution in [-0.4, -0.2) is 23.5 Å². The lowest BCUT2D eigenvalue weighted by Crippen LogP contribution is -2.21. The summed E-state index contributed by atoms with van der Waals surface area (Å²) >= 11 is 3.62. The number of rotatable bonds is 6. The third-order valence-electron chi connectivity index (χ3n) is 3.32. The van der Waals surface area contributed by atoms with Crippen molar-refractivity contribution in [1.29, 1.82) is 0 Å². The first-order chi connectivity index (χ1) is 9.69. The van der Waals surface area contributed by atoms with Crippen LogP contribution >= 0.6 is 15.9 Å². The molecule has 2 rings (SSSR count). The molecule has 0 saturated heterocycles. The maximum absolute atomic E-state index is 5.65. The zero-order chi connectivity index (χ0) is 14.4. The molecule has 0 aliphatic rings. The summed E-state index contributed by atoms with van der Waals surface area (Å²) in [5.41, 5.74) is 9.41. The van der Waals surface area contributed by atoms with E-state index in [9.17, 15) is 0 Å². The molecule has 1 aromatic carbocycles. The van der Waals surface area contributed by atoms with Crippen molar-refractivity contribution >= 4 is 15.9 Å². The Balaban J connectivity index is 1.89. The van der Waals surface area contributed by atoms with Gasteiger partial charge in [0.15, 0.2) is 0 Å². The van der Waals surface area contributed by atoms with Crippen molar-refractivity contribution in [2.24, 2.45) is 5.73 Å². The molecule has 3 nitrogen and oxygen atoms in total. The number of hydrogen-bond acceptors (Lipinski definition) is 3. The molecule has 0 aliphatic heterocycles. The van der Waals surface area contributed by atoms with Crippen molar-refractivity contribution in [1.82, 2.24) is 9.88 Å². The van der Waals surface area contributed by atoms with Crippen LogP contribution in [0.2, 0.25) is 0 Å². The molecule has 1 heterocycles. The van der Waals surface area contributed by atoms with E-state index in [1.165, 1.54) is 11.1 Å². The number of pyridine rings is 1. The van der Waals surface area contributed by atoms with Crippen LogP contribution in [0.3, 0.4) is 0 Å². The van der Waals surface area contributed by atoms with Crippen LogP contribution in [0.15, 0.2) is 47.2 Å². The second kappa shape index (κ2) is 7.53. The molecular formula is C16H20BrN3. The largest absolute Gasteiger partial charge is 0.326 e. The maximum atomic E-state index is 5.65. The quantitative estimate of drug-likeness (QED) is 0.883. The molecule has 20 heavy (non-hydrogen) atoms. The summed E-state index contributed by atoms with van der Waals surface area (Å²) in [4.78, 5) is 6.36. The summed E-state index contributed by atoms with van der Waals surface area (Å²) in [6, 6.07) is 10.5. The third-order valence-corrected chi connectivity index (χ3v) is 4.06. The number of aromatic nitrogens is 1. The Morgan fingerprint density at radius 3 is 2.55 bits per heavy atom. The third kappa shape index (κ3) is 4.40. The highest BCUT2D eigenvalue weighted by Gasteiger charge is 2.05. The van der Waals surface area contributed by atoms with E-state index in [0.717, 1.165) is 29.5 Å². The molecule has 1 aromatic heterocycles. The van der Waals surface area contributed by atoms with Crippen LogP contribution in [0.25, 0.3) is 0 Å². The molecule has 4 heteroatoms. The highest BCUT2D eigenvalue weighted by molar-refractivity contribution is 9.10. The van der Waals surface area contributed by atoms with Gasteiger partial charge in [0.2, 0.25) is 0 Å². The molecule has 0 unspecified atom stereocenters. The number of likely N-dealkylation sites (N-methyl/N-ethyl adjacent to an activating group) is 1. The van der Waals surface area contributed by atoms with E-state index in [-0.39, 0.29) is 0 Å². The van der Waals surface area contributed by atoms with Crippen LogP contribution in [0.5, 0.6) is 0 Å². The second-order valence-corrected chi connectivity index (χ2v) is 5.83. The van der Waals surface area contributed by atoms with Gasteiger partial charge in [-0.3, -0.25) is 4.98 Å². The highest BCUT2D eigenvalue weighted by atomic mass is 79.9. The average molecular weight is 334 g/mol. The average Bonchev–Trinajstić information content (AvgIpc) is 2.48. The molecule has 0 saturated carbocycles. The minimum atomic E-state index is 0.580. The van der Waals surface area contributed by atoms with Crippen molar-refractivity contribution in [2.75, 3.05) is 13.6 Å². The fourth-order valence-electron chi connectivity index (χ4n) is 2.09. The van der Waals surface area contributed by atoms with Gasteiger partial charge in [-0.25, -0.2) is 0 Å². The SMILES string of the molecule is CN(CCc1ccncc1)Cc1ccc(CN)cc1Br. The Morgan fingerprint density at radius 1 is 1.15 bits per heavy atom. The van der Waals surface area contributed by atoms with Crippen LogP contribution < -0.4 is 5.73 Å². The van der Waals surface area contributed by atoms with Gasteiger partial charge in [0.1, 0.15) is 0 Å². The summed E-state index contributed by atoms with van der Waals surface area (Å²) in [5, 5.41) is 0. The Labute approximate surface area is 129 Å². The second-order valence-electron chi connectivity index (χ2n) is 4.97. The Hall–Kier alpha value is -1.23. The van der Waals surface area contributed by atoms with Crippen molar-refractivity contribution in [3.63, 3.8) is 0 Å². The highest BCUT2D eigenvalue weighted by Crippen LogP contribution is 2.20. The topological polar surface area (TPSA) is 42.2 Å². The molecule has 0 aliphatic carbocycles. The van der Waals surface area contributed by atoms with E-state index in [4.69, 9.17) is 5.73 Å². The van der Waals surface area contributed by atoms with Gasteiger partial charge in [0.25, 0.3) is 0 Å². The molecule has 2 aromatic rings. The van der Waals surface area contributed by atoms with Gasteiger partial charge in [-0.2, -0.15) is 0 Å². The van der Waals surface area contributed by atoms with Crippen molar-refractivity contribution in [3.8, 4) is 0 Å². The summed E-state index contributed by atoms with van der Waals surface area (Å²) in [5.74, 6) is 0. The van der Waals surface area contributed by atoms with E-state index in [1.54, 1.807) is 0 Å². The lowest BCUT2D eigenvalue weighted by Gasteiger charge is -2.18. The minimum Gasteiger partial charge on any atom is -0.326 e. The number of hydrogen-bond donors (Lipinski definition) is 1. The van der Waals surface area contributed by atoms with Crippen LogP contribution in [-0.2, 0) is 19.5 Å². The predicted molar refractivity (Wildman–Crippen MR) is 86.3 cm³/mol. The van der Waals surface area contributed by atoms with Crippen LogP contribution in [0.4, 0.5) is 0 Å². The Kier molecular flexibility index (Phi) is 5.71. The molecule has 0 atom stereocenters. The van der Waals surface area contributed by atoms with Gasteiger partial charge in [-0.05, 0) is 48.4 Å². The zero-order valence-corrected chi connectivity index (χ0v) is 13.3. The molecule has 0 amide bonds. The van der Waals surface area contributed by atoms with Gasteiger partial charge in [0.05, 0.1) is 0 Å². The minimum absolute atomic E-state index is 0.580. The molecule has 2 N–H and O–H groups in total. The van der Waals surface area contributed by atoms with E-state index in [2.05, 4.69) is 63.2 Å². The summed E-state index contributed by atoms with van der Waals surface area (Å²) in [7, 11) is 2.14. The first-order valence-electron chi connectivity index (χ1n) is 6.74. The zero-order valence-electron chi connectivity index (χ0n) is 11.7. The van der Waals surface area contributed by atoms with Gasteiger partial charge < -0.3 is 10.6 Å². The van der Waals surface area contributed by atoms with Crippen molar-refractivity contribution in [3.05, 3.63) is 63.9 Å². The first-order valence-corrected chi connectivity index (χ1v) is 7.53. The van der Waals surface area contributed by atoms with Crippen LogP contribution in [0, 0.1) is 0 Å². The van der Waals surface area contributed by atoms with Crippen molar-refractivity contribution < 1.29 is 0 Å². The molecule has 0 radical (unpaired) electrons. The Bertz CT molecular complexity index is 543. The van der Waals surface area contributed by atoms with Gasteiger partial charge in [-0.1, -0.05) is 28.1 Å². The van der Waals surface area contributed by atoms with E-state index in [1.807, 2.05) is 12.4 Å². The van der Waals surface area contributed by atoms with E-state index in [0.29, 0.717) is 6.54 Å². The fraction of sp³-hybridized carbons (Fsp3) is 0.312. The monoisotopic (exact) mass is 333 g/mol. The summed E-state index contributed by atoms with van der Waals surface area (Å²) in [6.45, 7) is 2.53. The van der Waals surface area contributed by atoms with Crippen molar-refractivity contribution in [2.45, 2.75) is 19.5 Å². The first kappa shape index (κ1) is 15.2. The van der Waals surface area contributed by atoms with Crippen LogP contribution in [0.1, 0.15) is 16.7 Å². The van der Waals surface area contributed by atoms with Gasteiger partial charge >= 0.3 is 0 Å². The molecule has 0 fully saturated rings.